The van der Waals surface area contributed by atoms with Crippen molar-refractivity contribution in [2.45, 2.75) is 39.3 Å². The zero-order valence-electron chi connectivity index (χ0n) is 12.3. The molecule has 4 heteroatoms. The van der Waals surface area contributed by atoms with Gasteiger partial charge in [0.15, 0.2) is 0 Å². The molecule has 1 saturated carbocycles. The lowest BCUT2D eigenvalue weighted by molar-refractivity contribution is 0.465. The maximum absolute atomic E-state index is 13.6. The average Bonchev–Trinajstić information content (AvgIpc) is 3.26. The van der Waals surface area contributed by atoms with Gasteiger partial charge in [-0.1, -0.05) is 6.07 Å². The summed E-state index contributed by atoms with van der Waals surface area (Å²) < 4.78 is 19.5. The molecule has 1 aliphatic carbocycles. The van der Waals surface area contributed by atoms with Crippen molar-refractivity contribution in [3.63, 3.8) is 0 Å². The van der Waals surface area contributed by atoms with E-state index in [1.807, 2.05) is 19.2 Å². The van der Waals surface area contributed by atoms with Gasteiger partial charge in [-0.25, -0.2) is 4.39 Å². The second kappa shape index (κ2) is 5.82. The molecule has 0 radical (unpaired) electrons. The van der Waals surface area contributed by atoms with Gasteiger partial charge in [0.2, 0.25) is 0 Å². The minimum absolute atomic E-state index is 0.254. The molecular formula is C17H19FN2O. The Balaban J connectivity index is 1.81. The summed E-state index contributed by atoms with van der Waals surface area (Å²) in [6.07, 6.45) is 4.29. The Kier molecular flexibility index (Phi) is 3.88. The Morgan fingerprint density at radius 3 is 2.81 bits per heavy atom. The fraction of sp³-hybridized carbons (Fsp3) is 0.353. The lowest BCUT2D eigenvalue weighted by Gasteiger charge is -2.12. The third kappa shape index (κ3) is 3.58. The van der Waals surface area contributed by atoms with Crippen LogP contribution in [0.4, 0.5) is 4.39 Å². The molecule has 0 aliphatic heterocycles. The molecule has 1 aromatic heterocycles. The van der Waals surface area contributed by atoms with Crippen LogP contribution in [0.25, 0.3) is 0 Å². The summed E-state index contributed by atoms with van der Waals surface area (Å²) in [6, 6.07) is 7.44. The molecule has 0 atom stereocenters. The molecule has 0 spiro atoms. The first kappa shape index (κ1) is 14.0. The van der Waals surface area contributed by atoms with E-state index in [1.54, 1.807) is 19.1 Å². The third-order valence-corrected chi connectivity index (χ3v) is 3.61. The summed E-state index contributed by atoms with van der Waals surface area (Å²) >= 11 is 0. The van der Waals surface area contributed by atoms with Crippen molar-refractivity contribution in [1.82, 2.24) is 10.3 Å². The normalized spacial score (nSPS) is 14.2. The maximum Gasteiger partial charge on any atom is 0.135 e. The van der Waals surface area contributed by atoms with Gasteiger partial charge in [-0.3, -0.25) is 4.98 Å². The van der Waals surface area contributed by atoms with Crippen molar-refractivity contribution >= 4 is 0 Å². The fourth-order valence-corrected chi connectivity index (χ4v) is 2.10. The van der Waals surface area contributed by atoms with Crippen LogP contribution in [-0.2, 0) is 6.54 Å². The van der Waals surface area contributed by atoms with Crippen molar-refractivity contribution in [1.29, 1.82) is 0 Å². The van der Waals surface area contributed by atoms with E-state index in [1.165, 1.54) is 18.9 Å². The lowest BCUT2D eigenvalue weighted by Crippen LogP contribution is -2.16. The second-order valence-electron chi connectivity index (χ2n) is 5.60. The first-order valence-electron chi connectivity index (χ1n) is 7.25. The average molecular weight is 286 g/mol. The molecule has 2 aromatic rings. The molecule has 110 valence electrons. The highest BCUT2D eigenvalue weighted by Crippen LogP contribution is 2.28. The number of pyridine rings is 1. The van der Waals surface area contributed by atoms with Crippen LogP contribution < -0.4 is 10.1 Å². The summed E-state index contributed by atoms with van der Waals surface area (Å²) in [5.41, 5.74) is 2.49. The number of benzene rings is 1. The number of ether oxygens (including phenoxy) is 1. The molecule has 1 aliphatic rings. The first-order valence-corrected chi connectivity index (χ1v) is 7.25. The number of aryl methyl sites for hydroxylation is 2. The molecule has 0 bridgehead atoms. The number of halogens is 1. The van der Waals surface area contributed by atoms with Crippen LogP contribution in [0.5, 0.6) is 11.5 Å². The Morgan fingerprint density at radius 2 is 2.10 bits per heavy atom. The van der Waals surface area contributed by atoms with Gasteiger partial charge in [-0.15, -0.1) is 0 Å². The van der Waals surface area contributed by atoms with Crippen LogP contribution in [-0.4, -0.2) is 11.0 Å². The number of aromatic nitrogens is 1. The van der Waals surface area contributed by atoms with Crippen molar-refractivity contribution in [2.75, 3.05) is 0 Å². The quantitative estimate of drug-likeness (QED) is 0.905. The summed E-state index contributed by atoms with van der Waals surface area (Å²) in [5.74, 6) is 0.992. The van der Waals surface area contributed by atoms with E-state index < -0.39 is 0 Å². The largest absolute Gasteiger partial charge is 0.457 e. The van der Waals surface area contributed by atoms with E-state index in [4.69, 9.17) is 4.74 Å². The second-order valence-corrected chi connectivity index (χ2v) is 5.60. The van der Waals surface area contributed by atoms with E-state index in [0.29, 0.717) is 17.4 Å². The third-order valence-electron chi connectivity index (χ3n) is 3.61. The summed E-state index contributed by atoms with van der Waals surface area (Å²) in [5, 5.41) is 3.44. The number of hydrogen-bond donors (Lipinski definition) is 1. The SMILES string of the molecule is Cc1cc(Oc2ccc(C)c(F)c2)c(CNC2CC2)cn1. The smallest absolute Gasteiger partial charge is 0.135 e. The summed E-state index contributed by atoms with van der Waals surface area (Å²) in [7, 11) is 0. The van der Waals surface area contributed by atoms with Crippen LogP contribution in [0.1, 0.15) is 29.7 Å². The van der Waals surface area contributed by atoms with E-state index in [0.717, 1.165) is 23.6 Å². The molecule has 0 unspecified atom stereocenters. The van der Waals surface area contributed by atoms with Crippen molar-refractivity contribution in [3.8, 4) is 11.5 Å². The van der Waals surface area contributed by atoms with Crippen LogP contribution in [0.3, 0.4) is 0 Å². The Bertz CT molecular complexity index is 653. The van der Waals surface area contributed by atoms with E-state index in [-0.39, 0.29) is 5.82 Å². The van der Waals surface area contributed by atoms with Crippen molar-refractivity contribution in [2.24, 2.45) is 0 Å². The Hall–Kier alpha value is -1.94. The van der Waals surface area contributed by atoms with Gasteiger partial charge >= 0.3 is 0 Å². The molecule has 0 saturated heterocycles. The number of rotatable bonds is 5. The van der Waals surface area contributed by atoms with Crippen molar-refractivity contribution in [3.05, 3.63) is 53.1 Å². The highest BCUT2D eigenvalue weighted by molar-refractivity contribution is 5.38. The first-order chi connectivity index (χ1) is 10.1. The van der Waals surface area contributed by atoms with Crippen molar-refractivity contribution < 1.29 is 9.13 Å². The van der Waals surface area contributed by atoms with Crippen LogP contribution in [0.15, 0.2) is 30.5 Å². The van der Waals surface area contributed by atoms with Gasteiger partial charge in [-0.2, -0.15) is 0 Å². The molecule has 1 fully saturated rings. The van der Waals surface area contributed by atoms with E-state index >= 15 is 0 Å². The zero-order chi connectivity index (χ0) is 14.8. The van der Waals surface area contributed by atoms with Gasteiger partial charge in [0, 0.05) is 42.2 Å². The minimum atomic E-state index is -0.254. The molecule has 1 aromatic carbocycles. The predicted molar refractivity (Wildman–Crippen MR) is 80.0 cm³/mol. The van der Waals surface area contributed by atoms with E-state index in [9.17, 15) is 4.39 Å². The number of nitrogens with one attached hydrogen (secondary N) is 1. The monoisotopic (exact) mass is 286 g/mol. The standard InChI is InChI=1S/C17H19FN2O/c1-11-3-6-15(8-16(11)18)21-17-7-12(2)19-9-13(17)10-20-14-4-5-14/h3,6-9,14,20H,4-5,10H2,1-2H3. The molecule has 0 amide bonds. The van der Waals surface area contributed by atoms with Crippen LogP contribution in [0.2, 0.25) is 0 Å². The van der Waals surface area contributed by atoms with Gasteiger partial charge in [0.1, 0.15) is 17.3 Å². The number of nitrogens with zero attached hydrogens (tertiary/aromatic N) is 1. The van der Waals surface area contributed by atoms with E-state index in [2.05, 4.69) is 10.3 Å². The molecule has 21 heavy (non-hydrogen) atoms. The topological polar surface area (TPSA) is 34.1 Å². The molecule has 3 nitrogen and oxygen atoms in total. The van der Waals surface area contributed by atoms with Gasteiger partial charge in [0.25, 0.3) is 0 Å². The van der Waals surface area contributed by atoms with Crippen LogP contribution >= 0.6 is 0 Å². The molecular weight excluding hydrogens is 267 g/mol. The lowest BCUT2D eigenvalue weighted by atomic mass is 10.2. The molecule has 3 rings (SSSR count). The maximum atomic E-state index is 13.6. The highest BCUT2D eigenvalue weighted by Gasteiger charge is 2.20. The zero-order valence-corrected chi connectivity index (χ0v) is 12.3. The number of hydrogen-bond acceptors (Lipinski definition) is 3. The summed E-state index contributed by atoms with van der Waals surface area (Å²) in [6.45, 7) is 4.38. The van der Waals surface area contributed by atoms with Gasteiger partial charge in [-0.05, 0) is 38.3 Å². The summed E-state index contributed by atoms with van der Waals surface area (Å²) in [4.78, 5) is 4.32. The highest BCUT2D eigenvalue weighted by atomic mass is 19.1. The minimum Gasteiger partial charge on any atom is -0.457 e. The Morgan fingerprint density at radius 1 is 1.29 bits per heavy atom. The van der Waals surface area contributed by atoms with Crippen LogP contribution in [0, 0.1) is 19.7 Å². The molecule has 1 N–H and O–H groups in total. The fourth-order valence-electron chi connectivity index (χ4n) is 2.10. The van der Waals surface area contributed by atoms with Gasteiger partial charge < -0.3 is 10.1 Å². The Labute approximate surface area is 124 Å². The predicted octanol–water partition coefficient (Wildman–Crippen LogP) is 3.88. The van der Waals surface area contributed by atoms with Gasteiger partial charge in [0.05, 0.1) is 0 Å². The molecule has 1 heterocycles.